The molecule has 0 radical (unpaired) electrons. The van der Waals surface area contributed by atoms with Crippen LogP contribution < -0.4 is 0 Å². The lowest BCUT2D eigenvalue weighted by molar-refractivity contribution is 0.280. The molecular weight excluding hydrogens is 148 g/mol. The van der Waals surface area contributed by atoms with Crippen LogP contribution in [0.1, 0.15) is 35.4 Å². The van der Waals surface area contributed by atoms with E-state index in [1.165, 1.54) is 24.0 Å². The molecule has 1 heteroatoms. The van der Waals surface area contributed by atoms with E-state index < -0.39 is 0 Å². The van der Waals surface area contributed by atoms with Crippen molar-refractivity contribution in [2.75, 3.05) is 0 Å². The van der Waals surface area contributed by atoms with E-state index in [0.717, 1.165) is 11.5 Å². The summed E-state index contributed by atoms with van der Waals surface area (Å²) in [6.45, 7) is 2.29. The van der Waals surface area contributed by atoms with E-state index in [9.17, 15) is 0 Å². The standard InChI is InChI=1S/C11H14O/c1-8-2-3-10(7-12)11(6-8)9-4-5-9/h2-3,6,9,12H,4-5,7H2,1H3. The molecule has 0 saturated heterocycles. The summed E-state index contributed by atoms with van der Waals surface area (Å²) in [6, 6.07) is 6.32. The van der Waals surface area contributed by atoms with Crippen molar-refractivity contribution in [1.29, 1.82) is 0 Å². The summed E-state index contributed by atoms with van der Waals surface area (Å²) in [7, 11) is 0. The van der Waals surface area contributed by atoms with Crippen molar-refractivity contribution >= 4 is 0 Å². The second-order valence-corrected chi connectivity index (χ2v) is 3.63. The van der Waals surface area contributed by atoms with Crippen LogP contribution in [0.3, 0.4) is 0 Å². The lowest BCUT2D eigenvalue weighted by Gasteiger charge is -2.06. The van der Waals surface area contributed by atoms with Gasteiger partial charge in [0.25, 0.3) is 0 Å². The predicted octanol–water partition coefficient (Wildman–Crippen LogP) is 2.36. The minimum Gasteiger partial charge on any atom is -0.392 e. The Balaban J connectivity index is 2.39. The highest BCUT2D eigenvalue weighted by molar-refractivity contribution is 5.36. The molecule has 0 aromatic heterocycles. The van der Waals surface area contributed by atoms with Gasteiger partial charge >= 0.3 is 0 Å². The first-order chi connectivity index (χ1) is 5.81. The Hall–Kier alpha value is -0.820. The second-order valence-electron chi connectivity index (χ2n) is 3.63. The molecule has 1 aromatic rings. The van der Waals surface area contributed by atoms with Crippen LogP contribution in [0.25, 0.3) is 0 Å². The average molecular weight is 162 g/mol. The summed E-state index contributed by atoms with van der Waals surface area (Å²) < 4.78 is 0. The van der Waals surface area contributed by atoms with Crippen LogP contribution in [-0.4, -0.2) is 5.11 Å². The normalized spacial score (nSPS) is 16.5. The smallest absolute Gasteiger partial charge is 0.0684 e. The molecule has 1 fully saturated rings. The summed E-state index contributed by atoms with van der Waals surface area (Å²) in [6.07, 6.45) is 2.60. The molecule has 2 rings (SSSR count). The van der Waals surface area contributed by atoms with Crippen LogP contribution >= 0.6 is 0 Å². The monoisotopic (exact) mass is 162 g/mol. The van der Waals surface area contributed by atoms with Crippen LogP contribution in [0, 0.1) is 6.92 Å². The van der Waals surface area contributed by atoms with Crippen LogP contribution in [-0.2, 0) is 6.61 Å². The third kappa shape index (κ3) is 1.37. The van der Waals surface area contributed by atoms with E-state index in [1.54, 1.807) is 0 Å². The van der Waals surface area contributed by atoms with Crippen LogP contribution in [0.4, 0.5) is 0 Å². The van der Waals surface area contributed by atoms with E-state index in [2.05, 4.69) is 19.1 Å². The Morgan fingerprint density at radius 3 is 2.75 bits per heavy atom. The fourth-order valence-corrected chi connectivity index (χ4v) is 1.63. The maximum Gasteiger partial charge on any atom is 0.0684 e. The zero-order chi connectivity index (χ0) is 8.55. The Morgan fingerprint density at radius 1 is 1.42 bits per heavy atom. The number of rotatable bonds is 2. The van der Waals surface area contributed by atoms with Gasteiger partial charge < -0.3 is 5.11 Å². The lowest BCUT2D eigenvalue weighted by Crippen LogP contribution is -1.92. The van der Waals surface area contributed by atoms with E-state index in [1.807, 2.05) is 6.07 Å². The van der Waals surface area contributed by atoms with E-state index in [-0.39, 0.29) is 6.61 Å². The fraction of sp³-hybridized carbons (Fsp3) is 0.455. The minimum absolute atomic E-state index is 0.187. The largest absolute Gasteiger partial charge is 0.392 e. The molecule has 1 saturated carbocycles. The van der Waals surface area contributed by atoms with Crippen molar-refractivity contribution in [2.45, 2.75) is 32.3 Å². The zero-order valence-electron chi connectivity index (χ0n) is 7.38. The first-order valence-electron chi connectivity index (χ1n) is 4.51. The van der Waals surface area contributed by atoms with Crippen LogP contribution in [0.2, 0.25) is 0 Å². The molecule has 0 spiro atoms. The number of aliphatic hydroxyl groups excluding tert-OH is 1. The van der Waals surface area contributed by atoms with Gasteiger partial charge in [0.15, 0.2) is 0 Å². The van der Waals surface area contributed by atoms with Gasteiger partial charge in [-0.05, 0) is 36.8 Å². The molecule has 0 atom stereocenters. The molecule has 0 unspecified atom stereocenters. The molecule has 0 aliphatic heterocycles. The number of aliphatic hydroxyl groups is 1. The summed E-state index contributed by atoms with van der Waals surface area (Å²) >= 11 is 0. The molecule has 1 aromatic carbocycles. The molecule has 12 heavy (non-hydrogen) atoms. The summed E-state index contributed by atoms with van der Waals surface area (Å²) in [5.74, 6) is 0.743. The Morgan fingerprint density at radius 2 is 2.17 bits per heavy atom. The summed E-state index contributed by atoms with van der Waals surface area (Å²) in [5.41, 5.74) is 3.79. The summed E-state index contributed by atoms with van der Waals surface area (Å²) in [4.78, 5) is 0. The molecule has 1 aliphatic rings. The van der Waals surface area contributed by atoms with Gasteiger partial charge in [0.2, 0.25) is 0 Å². The van der Waals surface area contributed by atoms with Gasteiger partial charge in [-0.15, -0.1) is 0 Å². The number of benzene rings is 1. The molecular formula is C11H14O. The Labute approximate surface area is 73.0 Å². The van der Waals surface area contributed by atoms with Gasteiger partial charge in [0.1, 0.15) is 0 Å². The van der Waals surface area contributed by atoms with Crippen molar-refractivity contribution in [2.24, 2.45) is 0 Å². The van der Waals surface area contributed by atoms with Crippen LogP contribution in [0.5, 0.6) is 0 Å². The first kappa shape index (κ1) is 7.81. The van der Waals surface area contributed by atoms with E-state index in [0.29, 0.717) is 0 Å². The third-order valence-electron chi connectivity index (χ3n) is 2.49. The highest BCUT2D eigenvalue weighted by atomic mass is 16.3. The quantitative estimate of drug-likeness (QED) is 0.707. The number of hydrogen-bond donors (Lipinski definition) is 1. The Bertz CT molecular complexity index is 287. The highest BCUT2D eigenvalue weighted by Gasteiger charge is 2.25. The van der Waals surface area contributed by atoms with Crippen molar-refractivity contribution in [3.8, 4) is 0 Å². The maximum absolute atomic E-state index is 9.09. The van der Waals surface area contributed by atoms with Gasteiger partial charge in [-0.25, -0.2) is 0 Å². The fourth-order valence-electron chi connectivity index (χ4n) is 1.63. The van der Waals surface area contributed by atoms with Crippen LogP contribution in [0.15, 0.2) is 18.2 Å². The van der Waals surface area contributed by atoms with Crippen molar-refractivity contribution < 1.29 is 5.11 Å². The predicted molar refractivity (Wildman–Crippen MR) is 49.1 cm³/mol. The number of aryl methyl sites for hydroxylation is 1. The molecule has 0 bridgehead atoms. The van der Waals surface area contributed by atoms with Gasteiger partial charge in [0.05, 0.1) is 6.61 Å². The molecule has 1 N–H and O–H groups in total. The second kappa shape index (κ2) is 2.91. The maximum atomic E-state index is 9.09. The molecule has 0 heterocycles. The number of hydrogen-bond acceptors (Lipinski definition) is 1. The van der Waals surface area contributed by atoms with Crippen molar-refractivity contribution in [3.63, 3.8) is 0 Å². The topological polar surface area (TPSA) is 20.2 Å². The SMILES string of the molecule is Cc1ccc(CO)c(C2CC2)c1. The lowest BCUT2D eigenvalue weighted by atomic mass is 10.0. The van der Waals surface area contributed by atoms with Gasteiger partial charge in [-0.1, -0.05) is 23.8 Å². The van der Waals surface area contributed by atoms with Gasteiger partial charge in [-0.3, -0.25) is 0 Å². The molecule has 1 nitrogen and oxygen atoms in total. The third-order valence-corrected chi connectivity index (χ3v) is 2.49. The average Bonchev–Trinajstić information content (AvgIpc) is 2.87. The Kier molecular flexibility index (Phi) is 1.89. The minimum atomic E-state index is 0.187. The summed E-state index contributed by atoms with van der Waals surface area (Å²) in [5, 5.41) is 9.09. The van der Waals surface area contributed by atoms with Gasteiger partial charge in [0, 0.05) is 0 Å². The van der Waals surface area contributed by atoms with Gasteiger partial charge in [-0.2, -0.15) is 0 Å². The zero-order valence-corrected chi connectivity index (χ0v) is 7.38. The van der Waals surface area contributed by atoms with E-state index in [4.69, 9.17) is 5.11 Å². The van der Waals surface area contributed by atoms with Crippen molar-refractivity contribution in [3.05, 3.63) is 34.9 Å². The molecule has 1 aliphatic carbocycles. The highest BCUT2D eigenvalue weighted by Crippen LogP contribution is 2.41. The van der Waals surface area contributed by atoms with Crippen molar-refractivity contribution in [1.82, 2.24) is 0 Å². The first-order valence-corrected chi connectivity index (χ1v) is 4.51. The molecule has 0 amide bonds. The molecule has 64 valence electrons. The van der Waals surface area contributed by atoms with E-state index >= 15 is 0 Å².